The smallest absolute Gasteiger partial charge is 0.0888 e. The Balaban J connectivity index is 2.05. The molecular weight excluding hydrogens is 401 g/mol. The fraction of sp³-hybridized carbons (Fsp3) is 0.188. The molecule has 3 atom stereocenters. The predicted octanol–water partition coefficient (Wildman–Crippen LogP) is 5.71. The topological polar surface area (TPSA) is 12.4 Å². The number of hydrogen-bond donors (Lipinski definition) is 0. The summed E-state index contributed by atoms with van der Waals surface area (Å²) in [5, 5.41) is 0.735. The molecule has 0 amide bonds. The van der Waals surface area contributed by atoms with Crippen LogP contribution >= 0.6 is 43.5 Å². The molecule has 3 rings (SSSR count). The molecule has 0 aliphatic carbocycles. The SMILES string of the molecule is Clc1ccc2c(c1)C=NC(c1ccccc1)C(Br)C2Br. The largest absolute Gasteiger partial charge is 0.283 e. The minimum atomic E-state index is 0.0757. The summed E-state index contributed by atoms with van der Waals surface area (Å²) in [4.78, 5) is 5.11. The Kier molecular flexibility index (Phi) is 4.29. The Hall–Kier alpha value is -0.640. The molecule has 102 valence electrons. The monoisotopic (exact) mass is 411 g/mol. The summed E-state index contributed by atoms with van der Waals surface area (Å²) >= 11 is 13.7. The standard InChI is InChI=1S/C16H12Br2ClN/c17-14-13-7-6-12(19)8-11(13)9-20-16(15(14)18)10-4-2-1-3-5-10/h1-9,14-16H. The first-order valence-electron chi connectivity index (χ1n) is 6.32. The van der Waals surface area contributed by atoms with Crippen LogP contribution in [-0.4, -0.2) is 11.0 Å². The summed E-state index contributed by atoms with van der Waals surface area (Å²) in [6.45, 7) is 0. The third-order valence-corrected chi connectivity index (χ3v) is 6.48. The number of fused-ring (bicyclic) bond motifs is 1. The first kappa shape index (κ1) is 14.3. The van der Waals surface area contributed by atoms with Crippen molar-refractivity contribution in [1.29, 1.82) is 0 Å². The van der Waals surface area contributed by atoms with Gasteiger partial charge in [0.25, 0.3) is 0 Å². The summed E-state index contributed by atoms with van der Waals surface area (Å²) in [6.07, 6.45) is 1.92. The fourth-order valence-corrected chi connectivity index (χ4v) is 4.02. The molecule has 1 aliphatic rings. The Morgan fingerprint density at radius 3 is 2.50 bits per heavy atom. The average molecular weight is 414 g/mol. The van der Waals surface area contributed by atoms with Gasteiger partial charge >= 0.3 is 0 Å². The zero-order chi connectivity index (χ0) is 14.1. The number of aliphatic imine (C=N–C) groups is 1. The van der Waals surface area contributed by atoms with E-state index in [0.29, 0.717) is 0 Å². The molecule has 0 aromatic heterocycles. The normalized spacial score (nSPS) is 25.1. The van der Waals surface area contributed by atoms with E-state index < -0.39 is 0 Å². The van der Waals surface area contributed by atoms with Crippen LogP contribution in [-0.2, 0) is 0 Å². The minimum Gasteiger partial charge on any atom is -0.283 e. The summed E-state index contributed by atoms with van der Waals surface area (Å²) in [6, 6.07) is 16.3. The maximum absolute atomic E-state index is 6.08. The summed E-state index contributed by atoms with van der Waals surface area (Å²) in [5.74, 6) is 0. The van der Waals surface area contributed by atoms with E-state index in [2.05, 4.69) is 50.1 Å². The molecule has 4 heteroatoms. The third kappa shape index (κ3) is 2.72. The van der Waals surface area contributed by atoms with Crippen molar-refractivity contribution in [2.45, 2.75) is 15.7 Å². The molecule has 0 spiro atoms. The molecule has 0 saturated heterocycles. The van der Waals surface area contributed by atoms with Crippen molar-refractivity contribution in [2.75, 3.05) is 0 Å². The van der Waals surface area contributed by atoms with Crippen molar-refractivity contribution in [3.63, 3.8) is 0 Å². The number of nitrogens with zero attached hydrogens (tertiary/aromatic N) is 1. The van der Waals surface area contributed by atoms with Gasteiger partial charge in [-0.3, -0.25) is 4.99 Å². The van der Waals surface area contributed by atoms with Crippen molar-refractivity contribution in [2.24, 2.45) is 4.99 Å². The number of hydrogen-bond acceptors (Lipinski definition) is 1. The minimum absolute atomic E-state index is 0.0757. The van der Waals surface area contributed by atoms with E-state index in [1.54, 1.807) is 0 Å². The van der Waals surface area contributed by atoms with Crippen molar-refractivity contribution in [1.82, 2.24) is 0 Å². The Morgan fingerprint density at radius 2 is 1.75 bits per heavy atom. The fourth-order valence-electron chi connectivity index (χ4n) is 2.40. The van der Waals surface area contributed by atoms with Crippen LogP contribution in [0, 0.1) is 0 Å². The first-order valence-corrected chi connectivity index (χ1v) is 8.53. The lowest BCUT2D eigenvalue weighted by molar-refractivity contribution is 0.687. The van der Waals surface area contributed by atoms with Gasteiger partial charge < -0.3 is 0 Å². The van der Waals surface area contributed by atoms with Gasteiger partial charge in [-0.25, -0.2) is 0 Å². The highest BCUT2D eigenvalue weighted by Gasteiger charge is 2.30. The van der Waals surface area contributed by atoms with Gasteiger partial charge in [-0.1, -0.05) is 79.9 Å². The predicted molar refractivity (Wildman–Crippen MR) is 92.6 cm³/mol. The molecule has 2 aromatic rings. The van der Waals surface area contributed by atoms with E-state index >= 15 is 0 Å². The summed E-state index contributed by atoms with van der Waals surface area (Å²) in [7, 11) is 0. The second-order valence-electron chi connectivity index (χ2n) is 4.75. The number of halogens is 3. The van der Waals surface area contributed by atoms with E-state index in [-0.39, 0.29) is 15.7 Å². The quantitative estimate of drug-likeness (QED) is 0.531. The van der Waals surface area contributed by atoms with Gasteiger partial charge in [-0.2, -0.15) is 0 Å². The van der Waals surface area contributed by atoms with Gasteiger partial charge in [0.2, 0.25) is 0 Å². The maximum Gasteiger partial charge on any atom is 0.0888 e. The van der Waals surface area contributed by atoms with Crippen LogP contribution in [0.2, 0.25) is 5.02 Å². The zero-order valence-corrected chi connectivity index (χ0v) is 14.4. The molecule has 1 aliphatic heterocycles. The molecule has 3 unspecified atom stereocenters. The molecule has 20 heavy (non-hydrogen) atoms. The van der Waals surface area contributed by atoms with Gasteiger partial charge in [0, 0.05) is 11.2 Å². The molecular formula is C16H12Br2ClN. The zero-order valence-electron chi connectivity index (χ0n) is 10.5. The number of benzene rings is 2. The van der Waals surface area contributed by atoms with Crippen molar-refractivity contribution < 1.29 is 0 Å². The van der Waals surface area contributed by atoms with Crippen molar-refractivity contribution in [3.05, 3.63) is 70.2 Å². The van der Waals surface area contributed by atoms with Crippen LogP contribution in [0.4, 0.5) is 0 Å². The first-order chi connectivity index (χ1) is 9.66. The number of alkyl halides is 2. The molecule has 0 radical (unpaired) electrons. The highest BCUT2D eigenvalue weighted by Crippen LogP contribution is 2.43. The van der Waals surface area contributed by atoms with Crippen LogP contribution in [0.1, 0.15) is 27.6 Å². The molecule has 2 aromatic carbocycles. The van der Waals surface area contributed by atoms with Crippen LogP contribution in [0.5, 0.6) is 0 Å². The maximum atomic E-state index is 6.08. The van der Waals surface area contributed by atoms with Crippen LogP contribution < -0.4 is 0 Å². The highest BCUT2D eigenvalue weighted by atomic mass is 79.9. The number of rotatable bonds is 1. The Bertz CT molecular complexity index is 642. The van der Waals surface area contributed by atoms with E-state index in [0.717, 1.165) is 10.6 Å². The Morgan fingerprint density at radius 1 is 1.00 bits per heavy atom. The van der Waals surface area contributed by atoms with E-state index in [1.165, 1.54) is 11.1 Å². The average Bonchev–Trinajstić information content (AvgIpc) is 2.58. The summed E-state index contributed by atoms with van der Waals surface area (Å²) in [5.41, 5.74) is 3.48. The van der Waals surface area contributed by atoms with Gasteiger partial charge in [0.15, 0.2) is 0 Å². The lowest BCUT2D eigenvalue weighted by atomic mass is 9.99. The lowest BCUT2D eigenvalue weighted by Gasteiger charge is -2.22. The van der Waals surface area contributed by atoms with E-state index in [9.17, 15) is 0 Å². The molecule has 0 bridgehead atoms. The highest BCUT2D eigenvalue weighted by molar-refractivity contribution is 9.12. The molecule has 0 N–H and O–H groups in total. The molecule has 1 heterocycles. The van der Waals surface area contributed by atoms with Crippen LogP contribution in [0.15, 0.2) is 53.5 Å². The van der Waals surface area contributed by atoms with E-state index in [1.807, 2.05) is 36.5 Å². The second-order valence-corrected chi connectivity index (χ2v) is 7.23. The van der Waals surface area contributed by atoms with Gasteiger partial charge in [0.1, 0.15) is 0 Å². The summed E-state index contributed by atoms with van der Waals surface area (Å²) < 4.78 is 0. The lowest BCUT2D eigenvalue weighted by Crippen LogP contribution is -2.14. The third-order valence-electron chi connectivity index (χ3n) is 3.44. The van der Waals surface area contributed by atoms with Crippen molar-refractivity contribution >= 4 is 49.7 Å². The van der Waals surface area contributed by atoms with Crippen LogP contribution in [0.3, 0.4) is 0 Å². The van der Waals surface area contributed by atoms with Crippen LogP contribution in [0.25, 0.3) is 0 Å². The van der Waals surface area contributed by atoms with Crippen molar-refractivity contribution in [3.8, 4) is 0 Å². The van der Waals surface area contributed by atoms with E-state index in [4.69, 9.17) is 16.6 Å². The molecule has 1 nitrogen and oxygen atoms in total. The Labute approximate surface area is 140 Å². The molecule has 0 saturated carbocycles. The molecule has 0 fully saturated rings. The van der Waals surface area contributed by atoms with Gasteiger partial charge in [-0.15, -0.1) is 0 Å². The van der Waals surface area contributed by atoms with Gasteiger partial charge in [-0.05, 0) is 28.8 Å². The second kappa shape index (κ2) is 6.00. The van der Waals surface area contributed by atoms with Gasteiger partial charge in [0.05, 0.1) is 15.7 Å².